The first-order chi connectivity index (χ1) is 13.1. The van der Waals surface area contributed by atoms with E-state index in [-0.39, 0.29) is 18.3 Å². The van der Waals surface area contributed by atoms with Gasteiger partial charge in [-0.05, 0) is 24.3 Å². The van der Waals surface area contributed by atoms with E-state index in [1.54, 1.807) is 18.3 Å². The minimum atomic E-state index is -1.75. The number of ether oxygens (including phenoxy) is 1. The summed E-state index contributed by atoms with van der Waals surface area (Å²) < 4.78 is 40.0. The summed E-state index contributed by atoms with van der Waals surface area (Å²) in [6.07, 6.45) is 3.19. The van der Waals surface area contributed by atoms with Gasteiger partial charge in [0.15, 0.2) is 5.65 Å². The number of aromatic nitrogens is 3. The largest absolute Gasteiger partial charge is 0.491 e. The fraction of sp³-hybridized carbons (Fsp3) is 0.235. The Labute approximate surface area is 152 Å². The van der Waals surface area contributed by atoms with Gasteiger partial charge in [-0.3, -0.25) is 4.79 Å². The second kappa shape index (κ2) is 8.39. The summed E-state index contributed by atoms with van der Waals surface area (Å²) in [5.74, 6) is 0.531. The van der Waals surface area contributed by atoms with Crippen molar-refractivity contribution in [3.05, 3.63) is 53.6 Å². The standard InChI is InChI=1S/C16H14FN5O2.CH2F2/c17-11-1-2-13-10(7-11)8-19-14-3-5-22-15(21-14)12(9-20-22)16(23)18-4-6-24-13;2-1-3/h1-3,5,7,9H,4,6,8H2,(H,18,23)(H,19,21);1H2. The van der Waals surface area contributed by atoms with Gasteiger partial charge in [-0.15, -0.1) is 0 Å². The van der Waals surface area contributed by atoms with E-state index in [0.29, 0.717) is 41.4 Å². The highest BCUT2D eigenvalue weighted by Crippen LogP contribution is 2.21. The molecule has 0 fully saturated rings. The molecule has 0 aliphatic carbocycles. The molecule has 0 unspecified atom stereocenters. The van der Waals surface area contributed by atoms with Gasteiger partial charge in [-0.1, -0.05) is 0 Å². The first kappa shape index (κ1) is 18.5. The van der Waals surface area contributed by atoms with Gasteiger partial charge in [-0.2, -0.15) is 5.10 Å². The Kier molecular flexibility index (Phi) is 5.74. The number of fused-ring (bicyclic) bond motifs is 2. The van der Waals surface area contributed by atoms with Crippen molar-refractivity contribution >= 4 is 17.4 Å². The maximum Gasteiger partial charge on any atom is 0.256 e. The van der Waals surface area contributed by atoms with E-state index >= 15 is 0 Å². The molecule has 0 saturated heterocycles. The lowest BCUT2D eigenvalue weighted by Crippen LogP contribution is -2.28. The van der Waals surface area contributed by atoms with Crippen LogP contribution >= 0.6 is 0 Å². The topological polar surface area (TPSA) is 80.5 Å². The Balaban J connectivity index is 0.000000659. The Morgan fingerprint density at radius 3 is 2.85 bits per heavy atom. The number of hydrogen-bond acceptors (Lipinski definition) is 5. The monoisotopic (exact) mass is 379 g/mol. The fourth-order valence-electron chi connectivity index (χ4n) is 2.56. The number of benzene rings is 1. The van der Waals surface area contributed by atoms with Crippen molar-refractivity contribution in [2.24, 2.45) is 0 Å². The third-order valence-corrected chi connectivity index (χ3v) is 3.74. The summed E-state index contributed by atoms with van der Waals surface area (Å²) in [7, 11) is 0. The van der Waals surface area contributed by atoms with E-state index in [2.05, 4.69) is 20.7 Å². The third-order valence-electron chi connectivity index (χ3n) is 3.74. The highest BCUT2D eigenvalue weighted by Gasteiger charge is 2.15. The first-order valence-corrected chi connectivity index (χ1v) is 8.02. The van der Waals surface area contributed by atoms with Crippen molar-refractivity contribution in [3.8, 4) is 5.75 Å². The summed E-state index contributed by atoms with van der Waals surface area (Å²) in [4.78, 5) is 16.7. The third kappa shape index (κ3) is 4.27. The smallest absolute Gasteiger partial charge is 0.256 e. The molecule has 4 rings (SSSR count). The molecule has 2 N–H and O–H groups in total. The van der Waals surface area contributed by atoms with Gasteiger partial charge >= 0.3 is 0 Å². The molecule has 7 nitrogen and oxygen atoms in total. The van der Waals surface area contributed by atoms with Crippen LogP contribution in [0.25, 0.3) is 5.65 Å². The van der Waals surface area contributed by atoms with Crippen LogP contribution in [0.4, 0.5) is 19.0 Å². The predicted octanol–water partition coefficient (Wildman–Crippen LogP) is 2.49. The van der Waals surface area contributed by atoms with Crippen LogP contribution in [0.3, 0.4) is 0 Å². The first-order valence-electron chi connectivity index (χ1n) is 8.02. The van der Waals surface area contributed by atoms with Gasteiger partial charge in [-0.25, -0.2) is 22.7 Å². The van der Waals surface area contributed by atoms with Gasteiger partial charge in [0.05, 0.1) is 12.7 Å². The second-order valence-electron chi connectivity index (χ2n) is 5.45. The van der Waals surface area contributed by atoms with E-state index in [9.17, 15) is 18.0 Å². The molecular weight excluding hydrogens is 363 g/mol. The van der Waals surface area contributed by atoms with E-state index < -0.39 is 6.93 Å². The Morgan fingerprint density at radius 1 is 1.22 bits per heavy atom. The molecule has 27 heavy (non-hydrogen) atoms. The molecule has 1 aliphatic heterocycles. The number of alkyl halides is 2. The normalized spacial score (nSPS) is 13.7. The van der Waals surface area contributed by atoms with Gasteiger partial charge in [0.25, 0.3) is 5.91 Å². The van der Waals surface area contributed by atoms with Crippen LogP contribution in [0, 0.1) is 5.82 Å². The molecule has 10 heteroatoms. The maximum absolute atomic E-state index is 13.5. The number of carbonyl (C=O) groups is 1. The summed E-state index contributed by atoms with van der Waals surface area (Å²) in [5.41, 5.74) is 1.52. The van der Waals surface area contributed by atoms with Gasteiger partial charge in [0.2, 0.25) is 6.93 Å². The summed E-state index contributed by atoms with van der Waals surface area (Å²) in [6.45, 7) is -0.805. The molecular formula is C17H16F3N5O2. The summed E-state index contributed by atoms with van der Waals surface area (Å²) in [5, 5.41) is 10.0. The van der Waals surface area contributed by atoms with Crippen molar-refractivity contribution in [2.75, 3.05) is 25.4 Å². The van der Waals surface area contributed by atoms with Crippen LogP contribution < -0.4 is 15.4 Å². The van der Waals surface area contributed by atoms with Crippen LogP contribution in [-0.2, 0) is 6.54 Å². The van der Waals surface area contributed by atoms with Crippen molar-refractivity contribution in [1.29, 1.82) is 0 Å². The summed E-state index contributed by atoms with van der Waals surface area (Å²) >= 11 is 0. The van der Waals surface area contributed by atoms with Gasteiger partial charge < -0.3 is 15.4 Å². The molecule has 0 atom stereocenters. The zero-order chi connectivity index (χ0) is 19.2. The van der Waals surface area contributed by atoms with Crippen molar-refractivity contribution in [3.63, 3.8) is 0 Å². The molecule has 3 heterocycles. The zero-order valence-corrected chi connectivity index (χ0v) is 14.1. The quantitative estimate of drug-likeness (QED) is 0.627. The zero-order valence-electron chi connectivity index (χ0n) is 14.1. The molecule has 0 spiro atoms. The van der Waals surface area contributed by atoms with Crippen LogP contribution in [0.2, 0.25) is 0 Å². The van der Waals surface area contributed by atoms with Gasteiger partial charge in [0.1, 0.15) is 29.6 Å². The number of amides is 1. The number of rotatable bonds is 0. The van der Waals surface area contributed by atoms with Crippen molar-refractivity contribution in [1.82, 2.24) is 19.9 Å². The Bertz CT molecular complexity index is 947. The van der Waals surface area contributed by atoms with E-state index in [0.717, 1.165) is 0 Å². The van der Waals surface area contributed by atoms with Crippen LogP contribution in [0.1, 0.15) is 15.9 Å². The number of hydrogen-bond donors (Lipinski definition) is 2. The highest BCUT2D eigenvalue weighted by molar-refractivity contribution is 5.99. The summed E-state index contributed by atoms with van der Waals surface area (Å²) in [6, 6.07) is 6.08. The van der Waals surface area contributed by atoms with Crippen molar-refractivity contribution in [2.45, 2.75) is 6.54 Å². The molecule has 2 bridgehead atoms. The lowest BCUT2D eigenvalue weighted by molar-refractivity contribution is 0.0948. The fourth-order valence-corrected chi connectivity index (χ4v) is 2.56. The molecule has 1 amide bonds. The van der Waals surface area contributed by atoms with Crippen LogP contribution in [0.15, 0.2) is 36.7 Å². The Hall–Kier alpha value is -3.30. The number of halogens is 3. The number of anilines is 1. The van der Waals surface area contributed by atoms with Gasteiger partial charge in [0, 0.05) is 18.3 Å². The molecule has 0 saturated carbocycles. The number of carbonyl (C=O) groups excluding carboxylic acids is 1. The molecule has 1 aromatic carbocycles. The lowest BCUT2D eigenvalue weighted by Gasteiger charge is -2.12. The number of nitrogens with one attached hydrogen (secondary N) is 2. The molecule has 1 aliphatic rings. The number of nitrogens with zero attached hydrogens (tertiary/aromatic N) is 3. The highest BCUT2D eigenvalue weighted by atomic mass is 19.3. The van der Waals surface area contributed by atoms with E-state index in [1.807, 2.05) is 0 Å². The van der Waals surface area contributed by atoms with Crippen LogP contribution in [-0.4, -0.2) is 40.6 Å². The maximum atomic E-state index is 13.5. The SMILES string of the molecule is FCF.O=C1NCCOc2ccc(F)cc2CNc2ccn3ncc1c3n2. The molecule has 2 aromatic heterocycles. The average molecular weight is 379 g/mol. The second-order valence-corrected chi connectivity index (χ2v) is 5.45. The average Bonchev–Trinajstić information content (AvgIpc) is 3.08. The minimum absolute atomic E-state index is 0.267. The molecule has 3 aromatic rings. The van der Waals surface area contributed by atoms with Crippen molar-refractivity contribution < 1.29 is 22.7 Å². The lowest BCUT2D eigenvalue weighted by atomic mass is 10.2. The Morgan fingerprint density at radius 2 is 2.04 bits per heavy atom. The predicted molar refractivity (Wildman–Crippen MR) is 91.6 cm³/mol. The molecule has 142 valence electrons. The van der Waals surface area contributed by atoms with E-state index in [4.69, 9.17) is 4.74 Å². The van der Waals surface area contributed by atoms with E-state index in [1.165, 1.54) is 22.8 Å². The van der Waals surface area contributed by atoms with Crippen LogP contribution in [0.5, 0.6) is 5.75 Å². The minimum Gasteiger partial charge on any atom is -0.491 e. The molecule has 0 radical (unpaired) electrons.